The van der Waals surface area contributed by atoms with E-state index in [1.807, 2.05) is 6.92 Å². The second kappa shape index (κ2) is 7.85. The Kier molecular flexibility index (Phi) is 4.99. The number of ether oxygens (including phenoxy) is 1. The van der Waals surface area contributed by atoms with Gasteiger partial charge in [0.2, 0.25) is 0 Å². The van der Waals surface area contributed by atoms with Crippen LogP contribution in [0.5, 0.6) is 11.5 Å². The largest absolute Gasteiger partial charge is 0.453 e. The van der Waals surface area contributed by atoms with Gasteiger partial charge in [-0.3, -0.25) is 4.98 Å². The van der Waals surface area contributed by atoms with E-state index in [1.165, 1.54) is 10.7 Å². The van der Waals surface area contributed by atoms with Crippen molar-refractivity contribution in [3.05, 3.63) is 59.5 Å². The first-order valence-corrected chi connectivity index (χ1v) is 10.3. The number of aromatic nitrogens is 6. The van der Waals surface area contributed by atoms with Crippen LogP contribution >= 0.6 is 11.6 Å². The van der Waals surface area contributed by atoms with E-state index in [9.17, 15) is 9.50 Å². The third-order valence-electron chi connectivity index (χ3n) is 5.08. The van der Waals surface area contributed by atoms with E-state index in [0.29, 0.717) is 40.1 Å². The second-order valence-corrected chi connectivity index (χ2v) is 7.67. The van der Waals surface area contributed by atoms with Crippen molar-refractivity contribution in [2.45, 2.75) is 26.5 Å². The van der Waals surface area contributed by atoms with Gasteiger partial charge in [-0.1, -0.05) is 18.5 Å². The van der Waals surface area contributed by atoms with Crippen LogP contribution in [0.2, 0.25) is 5.02 Å². The van der Waals surface area contributed by atoms with Crippen LogP contribution in [0.15, 0.2) is 42.9 Å². The minimum Gasteiger partial charge on any atom is -0.453 e. The van der Waals surface area contributed by atoms with Crippen molar-refractivity contribution in [2.24, 2.45) is 0 Å². The van der Waals surface area contributed by atoms with E-state index in [-0.39, 0.29) is 22.0 Å². The Balaban J connectivity index is 1.53. The highest BCUT2D eigenvalue weighted by Gasteiger charge is 2.17. The minimum atomic E-state index is -0.716. The highest BCUT2D eigenvalue weighted by molar-refractivity contribution is 6.36. The Bertz CT molecular complexity index is 1460. The number of hydrogen-bond acceptors (Lipinski definition) is 6. The molecule has 2 N–H and O–H groups in total. The molecule has 0 saturated heterocycles. The molecule has 5 rings (SSSR count). The number of halogens is 2. The smallest absolute Gasteiger partial charge is 0.191 e. The fraction of sp³-hybridized carbons (Fsp3) is 0.182. The maximum Gasteiger partial charge on any atom is 0.191 e. The van der Waals surface area contributed by atoms with Gasteiger partial charge in [0.05, 0.1) is 29.1 Å². The first kappa shape index (κ1) is 20.3. The summed E-state index contributed by atoms with van der Waals surface area (Å²) in [5, 5.41) is 14.3. The van der Waals surface area contributed by atoms with E-state index in [4.69, 9.17) is 16.3 Å². The van der Waals surface area contributed by atoms with Crippen molar-refractivity contribution in [3.8, 4) is 22.8 Å². The predicted molar refractivity (Wildman–Crippen MR) is 118 cm³/mol. The van der Waals surface area contributed by atoms with Gasteiger partial charge in [-0.2, -0.15) is 5.10 Å². The summed E-state index contributed by atoms with van der Waals surface area (Å²) < 4.78 is 22.1. The van der Waals surface area contributed by atoms with Crippen LogP contribution in [0.4, 0.5) is 4.39 Å². The Labute approximate surface area is 186 Å². The topological polar surface area (TPSA) is 102 Å². The van der Waals surface area contributed by atoms with Crippen molar-refractivity contribution in [3.63, 3.8) is 0 Å². The highest BCUT2D eigenvalue weighted by Crippen LogP contribution is 2.37. The summed E-state index contributed by atoms with van der Waals surface area (Å²) in [6, 6.07) is 6.51. The Hall–Kier alpha value is -3.56. The van der Waals surface area contributed by atoms with Gasteiger partial charge in [0, 0.05) is 11.8 Å². The van der Waals surface area contributed by atoms with E-state index in [0.717, 1.165) is 0 Å². The minimum absolute atomic E-state index is 0.0151. The van der Waals surface area contributed by atoms with E-state index >= 15 is 0 Å². The maximum absolute atomic E-state index is 14.9. The first-order chi connectivity index (χ1) is 15.4. The van der Waals surface area contributed by atoms with E-state index in [1.54, 1.807) is 43.7 Å². The Morgan fingerprint density at radius 1 is 1.16 bits per heavy atom. The van der Waals surface area contributed by atoms with Gasteiger partial charge in [0.25, 0.3) is 0 Å². The van der Waals surface area contributed by atoms with Gasteiger partial charge in [-0.05, 0) is 37.6 Å². The third-order valence-corrected chi connectivity index (χ3v) is 5.45. The summed E-state index contributed by atoms with van der Waals surface area (Å²) in [5.74, 6) is 0.317. The first-order valence-electron chi connectivity index (χ1n) is 9.95. The normalized spacial score (nSPS) is 12.5. The molecule has 0 fully saturated rings. The Morgan fingerprint density at radius 2 is 1.94 bits per heavy atom. The number of aliphatic hydroxyl groups is 1. The lowest BCUT2D eigenvalue weighted by atomic mass is 10.2. The summed E-state index contributed by atoms with van der Waals surface area (Å²) in [6.07, 6.45) is 4.70. The quantitative estimate of drug-likeness (QED) is 0.381. The number of rotatable bonds is 5. The summed E-state index contributed by atoms with van der Waals surface area (Å²) in [5.41, 5.74) is 2.97. The molecule has 1 unspecified atom stereocenters. The number of imidazole rings is 1. The van der Waals surface area contributed by atoms with Crippen molar-refractivity contribution in [1.29, 1.82) is 0 Å². The molecule has 3 aromatic heterocycles. The van der Waals surface area contributed by atoms with Gasteiger partial charge in [0.15, 0.2) is 11.6 Å². The molecule has 0 amide bonds. The summed E-state index contributed by atoms with van der Waals surface area (Å²) in [4.78, 5) is 16.1. The van der Waals surface area contributed by atoms with Crippen LogP contribution in [-0.4, -0.2) is 34.8 Å². The Morgan fingerprint density at radius 3 is 2.75 bits per heavy atom. The fourth-order valence-corrected chi connectivity index (χ4v) is 3.65. The number of nitrogens with one attached hydrogen (secondary N) is 1. The molecule has 0 radical (unpaired) electrons. The molecule has 0 bridgehead atoms. The number of fused-ring (bicyclic) bond motifs is 2. The predicted octanol–water partition coefficient (Wildman–Crippen LogP) is 5.16. The van der Waals surface area contributed by atoms with Gasteiger partial charge in [-0.25, -0.2) is 19.0 Å². The molecule has 0 saturated carbocycles. The van der Waals surface area contributed by atoms with Crippen molar-refractivity contribution in [2.75, 3.05) is 0 Å². The highest BCUT2D eigenvalue weighted by atomic mass is 35.5. The number of hydrogen-bond donors (Lipinski definition) is 2. The zero-order chi connectivity index (χ0) is 22.4. The molecule has 5 aromatic rings. The number of nitrogens with zero attached hydrogens (tertiary/aromatic N) is 5. The van der Waals surface area contributed by atoms with Crippen LogP contribution in [0.1, 0.15) is 25.4 Å². The molecule has 10 heteroatoms. The third kappa shape index (κ3) is 3.45. The second-order valence-electron chi connectivity index (χ2n) is 7.29. The van der Waals surface area contributed by atoms with Gasteiger partial charge >= 0.3 is 0 Å². The molecule has 32 heavy (non-hydrogen) atoms. The van der Waals surface area contributed by atoms with Crippen LogP contribution < -0.4 is 4.74 Å². The number of aromatic amines is 1. The van der Waals surface area contributed by atoms with Crippen molar-refractivity contribution in [1.82, 2.24) is 29.7 Å². The van der Waals surface area contributed by atoms with E-state index < -0.39 is 12.0 Å². The van der Waals surface area contributed by atoms with Crippen LogP contribution in [-0.2, 0) is 0 Å². The molecule has 1 atom stereocenters. The summed E-state index contributed by atoms with van der Waals surface area (Å²) in [6.45, 7) is 3.61. The molecule has 0 aliphatic carbocycles. The molecular formula is C22H18ClFN6O2. The number of aryl methyl sites for hydroxylation is 1. The SMILES string of the molecule is CCC(O)n1cc(-c2cnc3ccc(Oc4ccc5nc(C)[nH]c5c4F)c(Cl)c3n2)cn1. The lowest BCUT2D eigenvalue weighted by molar-refractivity contribution is 0.0868. The molecule has 2 aromatic carbocycles. The van der Waals surface area contributed by atoms with Crippen LogP contribution in [0.3, 0.4) is 0 Å². The maximum atomic E-state index is 14.9. The number of benzene rings is 2. The fourth-order valence-electron chi connectivity index (χ4n) is 3.41. The molecule has 162 valence electrons. The van der Waals surface area contributed by atoms with E-state index in [2.05, 4.69) is 25.0 Å². The van der Waals surface area contributed by atoms with Gasteiger partial charge < -0.3 is 14.8 Å². The molecule has 3 heterocycles. The molecule has 0 aliphatic rings. The summed E-state index contributed by atoms with van der Waals surface area (Å²) in [7, 11) is 0. The summed E-state index contributed by atoms with van der Waals surface area (Å²) >= 11 is 6.57. The lowest BCUT2D eigenvalue weighted by Crippen LogP contribution is -2.06. The zero-order valence-electron chi connectivity index (χ0n) is 17.2. The molecule has 0 aliphatic heterocycles. The average Bonchev–Trinajstić information content (AvgIpc) is 3.44. The van der Waals surface area contributed by atoms with Crippen molar-refractivity contribution >= 4 is 33.7 Å². The van der Waals surface area contributed by atoms with Crippen LogP contribution in [0, 0.1) is 12.7 Å². The molecule has 0 spiro atoms. The van der Waals surface area contributed by atoms with Gasteiger partial charge in [-0.15, -0.1) is 0 Å². The average molecular weight is 453 g/mol. The monoisotopic (exact) mass is 452 g/mol. The standard InChI is InChI=1S/C22H18ClFN6O2/c1-3-18(31)30-10-12(8-26-30)15-9-25-13-4-6-16(19(23)21(13)29-15)32-17-7-5-14-22(20(17)24)28-11(2)27-14/h4-10,18,31H,3H2,1-2H3,(H,27,28). The zero-order valence-corrected chi connectivity index (χ0v) is 17.9. The number of aliphatic hydroxyl groups excluding tert-OH is 1. The van der Waals surface area contributed by atoms with Gasteiger partial charge in [0.1, 0.15) is 33.9 Å². The van der Waals surface area contributed by atoms with Crippen molar-refractivity contribution < 1.29 is 14.2 Å². The molecule has 8 nitrogen and oxygen atoms in total. The van der Waals surface area contributed by atoms with Crippen LogP contribution in [0.25, 0.3) is 33.3 Å². The molecular weight excluding hydrogens is 435 g/mol. The number of H-pyrrole nitrogens is 1. The lowest BCUT2D eigenvalue weighted by Gasteiger charge is -2.10.